The molecular formula is C16H23NS. The summed E-state index contributed by atoms with van der Waals surface area (Å²) < 4.78 is 0. The van der Waals surface area contributed by atoms with Crippen LogP contribution in [0.2, 0.25) is 0 Å². The van der Waals surface area contributed by atoms with Crippen molar-refractivity contribution >= 4 is 17.8 Å². The van der Waals surface area contributed by atoms with Crippen molar-refractivity contribution in [3.05, 3.63) is 35.9 Å². The lowest BCUT2D eigenvalue weighted by Crippen LogP contribution is -2.32. The number of likely N-dealkylation sites (tertiary alicyclic amines) is 1. The van der Waals surface area contributed by atoms with Crippen LogP contribution in [0.4, 0.5) is 0 Å². The fourth-order valence-electron chi connectivity index (χ4n) is 2.30. The molecule has 0 saturated carbocycles. The van der Waals surface area contributed by atoms with E-state index in [2.05, 4.69) is 54.5 Å². The summed E-state index contributed by atoms with van der Waals surface area (Å²) in [4.78, 5) is 3.88. The maximum absolute atomic E-state index is 2.55. The van der Waals surface area contributed by atoms with Gasteiger partial charge >= 0.3 is 0 Å². The topological polar surface area (TPSA) is 3.24 Å². The molecule has 0 atom stereocenters. The first-order valence-corrected chi connectivity index (χ1v) is 8.03. The summed E-state index contributed by atoms with van der Waals surface area (Å²) in [5.41, 5.74) is 1.30. The van der Waals surface area contributed by atoms with Gasteiger partial charge in [-0.3, -0.25) is 4.90 Å². The highest BCUT2D eigenvalue weighted by molar-refractivity contribution is 7.98. The van der Waals surface area contributed by atoms with Crippen LogP contribution in [0.3, 0.4) is 0 Å². The predicted octanol–water partition coefficient (Wildman–Crippen LogP) is 4.15. The largest absolute Gasteiger partial charge is 0.300 e. The predicted molar refractivity (Wildman–Crippen MR) is 82.1 cm³/mol. The minimum absolute atomic E-state index is 0.921. The maximum Gasteiger partial charge on any atom is 0.0166 e. The third-order valence-corrected chi connectivity index (χ3v) is 4.41. The number of nitrogens with zero attached hydrogens (tertiary/aromatic N) is 1. The Kier molecular flexibility index (Phi) is 5.33. The lowest BCUT2D eigenvalue weighted by Gasteiger charge is -2.29. The molecule has 2 heteroatoms. The molecule has 1 aliphatic heterocycles. The van der Waals surface area contributed by atoms with Gasteiger partial charge in [0.2, 0.25) is 0 Å². The molecule has 0 radical (unpaired) electrons. The molecular weight excluding hydrogens is 238 g/mol. The van der Waals surface area contributed by atoms with Gasteiger partial charge in [0, 0.05) is 11.4 Å². The molecule has 1 heterocycles. The van der Waals surface area contributed by atoms with E-state index in [0.717, 1.165) is 12.5 Å². The third kappa shape index (κ3) is 4.18. The Balaban J connectivity index is 1.79. The molecule has 0 aliphatic carbocycles. The zero-order valence-electron chi connectivity index (χ0n) is 11.4. The second kappa shape index (κ2) is 7.01. The molecule has 0 spiro atoms. The van der Waals surface area contributed by atoms with Crippen molar-refractivity contribution in [2.75, 3.05) is 25.9 Å². The Hall–Kier alpha value is -0.730. The van der Waals surface area contributed by atoms with E-state index in [1.54, 1.807) is 11.8 Å². The number of thioether (sulfide) groups is 1. The van der Waals surface area contributed by atoms with Crippen LogP contribution in [0.1, 0.15) is 25.3 Å². The second-order valence-corrected chi connectivity index (χ2v) is 6.04. The fraction of sp³-hybridized carbons (Fsp3) is 0.500. The van der Waals surface area contributed by atoms with Gasteiger partial charge in [0.05, 0.1) is 0 Å². The molecule has 0 aromatic heterocycles. The summed E-state index contributed by atoms with van der Waals surface area (Å²) in [7, 11) is 0. The molecule has 2 rings (SSSR count). The summed E-state index contributed by atoms with van der Waals surface area (Å²) in [6.07, 6.45) is 9.36. The normalized spacial score (nSPS) is 18.6. The van der Waals surface area contributed by atoms with Gasteiger partial charge in [0.1, 0.15) is 0 Å². The molecule has 1 fully saturated rings. The maximum atomic E-state index is 2.55. The van der Waals surface area contributed by atoms with Crippen molar-refractivity contribution in [3.8, 4) is 0 Å². The summed E-state index contributed by atoms with van der Waals surface area (Å²) in [6.45, 7) is 5.98. The molecule has 98 valence electrons. The molecule has 1 aliphatic rings. The van der Waals surface area contributed by atoms with Gasteiger partial charge in [0.25, 0.3) is 0 Å². The van der Waals surface area contributed by atoms with Gasteiger partial charge in [-0.15, -0.1) is 11.8 Å². The fourth-order valence-corrected chi connectivity index (χ4v) is 2.71. The van der Waals surface area contributed by atoms with Crippen molar-refractivity contribution in [2.24, 2.45) is 5.92 Å². The highest BCUT2D eigenvalue weighted by atomic mass is 32.2. The van der Waals surface area contributed by atoms with E-state index in [0.29, 0.717) is 0 Å². The smallest absolute Gasteiger partial charge is 0.0166 e. The Labute approximate surface area is 115 Å². The SMILES string of the molecule is CSc1ccc(C=CCN2CCC(C)CC2)cc1. The molecule has 1 nitrogen and oxygen atoms in total. The summed E-state index contributed by atoms with van der Waals surface area (Å²) in [6, 6.07) is 8.76. The van der Waals surface area contributed by atoms with Crippen LogP contribution in [-0.2, 0) is 0 Å². The van der Waals surface area contributed by atoms with Gasteiger partial charge < -0.3 is 0 Å². The summed E-state index contributed by atoms with van der Waals surface area (Å²) >= 11 is 1.79. The first-order chi connectivity index (χ1) is 8.78. The minimum Gasteiger partial charge on any atom is -0.300 e. The average Bonchev–Trinajstić information content (AvgIpc) is 2.42. The zero-order chi connectivity index (χ0) is 12.8. The molecule has 0 amide bonds. The van der Waals surface area contributed by atoms with Crippen LogP contribution < -0.4 is 0 Å². The number of hydrogen-bond donors (Lipinski definition) is 0. The van der Waals surface area contributed by atoms with Gasteiger partial charge in [0.15, 0.2) is 0 Å². The van der Waals surface area contributed by atoms with E-state index in [1.807, 2.05) is 0 Å². The van der Waals surface area contributed by atoms with Crippen molar-refractivity contribution in [3.63, 3.8) is 0 Å². The molecule has 0 bridgehead atoms. The van der Waals surface area contributed by atoms with E-state index in [1.165, 1.54) is 36.4 Å². The molecule has 18 heavy (non-hydrogen) atoms. The second-order valence-electron chi connectivity index (χ2n) is 5.16. The average molecular weight is 261 g/mol. The van der Waals surface area contributed by atoms with Crippen LogP contribution in [0.5, 0.6) is 0 Å². The zero-order valence-corrected chi connectivity index (χ0v) is 12.2. The van der Waals surface area contributed by atoms with Gasteiger partial charge in [-0.1, -0.05) is 31.2 Å². The quantitative estimate of drug-likeness (QED) is 0.749. The molecule has 1 aromatic carbocycles. The molecule has 1 aromatic rings. The summed E-state index contributed by atoms with van der Waals surface area (Å²) in [5.74, 6) is 0.921. The van der Waals surface area contributed by atoms with Crippen molar-refractivity contribution in [1.82, 2.24) is 4.90 Å². The first-order valence-electron chi connectivity index (χ1n) is 6.81. The van der Waals surface area contributed by atoms with Crippen LogP contribution in [0, 0.1) is 5.92 Å². The van der Waals surface area contributed by atoms with Crippen LogP contribution in [0.15, 0.2) is 35.2 Å². The lowest BCUT2D eigenvalue weighted by molar-refractivity contribution is 0.210. The number of rotatable bonds is 4. The monoisotopic (exact) mass is 261 g/mol. The van der Waals surface area contributed by atoms with E-state index in [9.17, 15) is 0 Å². The Morgan fingerprint density at radius 3 is 2.50 bits per heavy atom. The van der Waals surface area contributed by atoms with Crippen LogP contribution >= 0.6 is 11.8 Å². The van der Waals surface area contributed by atoms with E-state index in [4.69, 9.17) is 0 Å². The van der Waals surface area contributed by atoms with Crippen LogP contribution in [0.25, 0.3) is 6.08 Å². The highest BCUT2D eigenvalue weighted by Crippen LogP contribution is 2.17. The third-order valence-electron chi connectivity index (χ3n) is 3.67. The summed E-state index contributed by atoms with van der Waals surface area (Å²) in [5, 5.41) is 0. The number of benzene rings is 1. The standard InChI is InChI=1S/C16H23NS/c1-14-9-12-17(13-10-14)11-3-4-15-5-7-16(18-2)8-6-15/h3-8,14H,9-13H2,1-2H3. The Morgan fingerprint density at radius 1 is 1.22 bits per heavy atom. The van der Waals surface area contributed by atoms with E-state index >= 15 is 0 Å². The Morgan fingerprint density at radius 2 is 1.89 bits per heavy atom. The van der Waals surface area contributed by atoms with Gasteiger partial charge in [-0.2, -0.15) is 0 Å². The van der Waals surface area contributed by atoms with Crippen molar-refractivity contribution < 1.29 is 0 Å². The number of piperidine rings is 1. The molecule has 0 N–H and O–H groups in total. The van der Waals surface area contributed by atoms with E-state index < -0.39 is 0 Å². The minimum atomic E-state index is 0.921. The van der Waals surface area contributed by atoms with Gasteiger partial charge in [-0.05, 0) is 55.8 Å². The van der Waals surface area contributed by atoms with Crippen molar-refractivity contribution in [1.29, 1.82) is 0 Å². The van der Waals surface area contributed by atoms with Crippen molar-refractivity contribution in [2.45, 2.75) is 24.7 Å². The molecule has 0 unspecified atom stereocenters. The number of hydrogen-bond acceptors (Lipinski definition) is 2. The highest BCUT2D eigenvalue weighted by Gasteiger charge is 2.13. The van der Waals surface area contributed by atoms with Crippen LogP contribution in [-0.4, -0.2) is 30.8 Å². The van der Waals surface area contributed by atoms with Gasteiger partial charge in [-0.25, -0.2) is 0 Å². The Bertz CT molecular complexity index is 375. The van der Waals surface area contributed by atoms with E-state index in [-0.39, 0.29) is 0 Å². The lowest BCUT2D eigenvalue weighted by atomic mass is 9.99. The molecule has 1 saturated heterocycles. The first kappa shape index (κ1) is 13.7.